The molecule has 2 aliphatic rings. The van der Waals surface area contributed by atoms with Crippen molar-refractivity contribution in [3.63, 3.8) is 0 Å². The number of amides is 1. The number of aromatic nitrogens is 6. The lowest BCUT2D eigenvalue weighted by molar-refractivity contribution is -0.136. The van der Waals surface area contributed by atoms with Crippen LogP contribution in [0.4, 0.5) is 11.6 Å². The minimum atomic E-state index is -0.0230. The van der Waals surface area contributed by atoms with E-state index in [0.29, 0.717) is 12.4 Å². The minimum Gasteiger partial charge on any atom is -0.356 e. The summed E-state index contributed by atoms with van der Waals surface area (Å²) in [6, 6.07) is 10.2. The summed E-state index contributed by atoms with van der Waals surface area (Å²) in [5.74, 6) is 2.76. The number of hydrogen-bond donors (Lipinski definition) is 0. The number of nitrogens with zero attached hydrogens (tertiary/aromatic N) is 9. The van der Waals surface area contributed by atoms with Gasteiger partial charge in [0, 0.05) is 50.7 Å². The molecule has 4 aromatic rings. The molecule has 0 radical (unpaired) electrons. The predicted molar refractivity (Wildman–Crippen MR) is 130 cm³/mol. The van der Waals surface area contributed by atoms with E-state index in [4.69, 9.17) is 0 Å². The fourth-order valence-corrected chi connectivity index (χ4v) is 5.64. The highest BCUT2D eigenvalue weighted by molar-refractivity contribution is 7.13. The Balaban J connectivity index is 1.10. The van der Waals surface area contributed by atoms with Crippen LogP contribution in [0.15, 0.2) is 49.3 Å². The van der Waals surface area contributed by atoms with Crippen molar-refractivity contribution in [3.8, 4) is 5.82 Å². The van der Waals surface area contributed by atoms with Crippen molar-refractivity contribution < 1.29 is 4.79 Å². The standard InChI is InChI=1S/C23H25N9OS/c33-23(30-10-8-29(9-11-30)22-18-5-1-2-6-19(18)34-28-22)17-4-3-7-31(13-17)20-12-21(26-15-25-20)32-16-24-14-27-32/h1-2,5-6,12,14-17H,3-4,7-11,13H2. The maximum atomic E-state index is 13.4. The van der Waals surface area contributed by atoms with E-state index in [9.17, 15) is 4.79 Å². The molecule has 34 heavy (non-hydrogen) atoms. The van der Waals surface area contributed by atoms with Gasteiger partial charge in [-0.25, -0.2) is 19.6 Å². The van der Waals surface area contributed by atoms with Crippen LogP contribution in [-0.2, 0) is 4.79 Å². The SMILES string of the molecule is O=C(C1CCCN(c2cc(-n3cncn3)ncn2)C1)N1CCN(c2nsc3ccccc23)CC1. The normalized spacial score (nSPS) is 19.1. The van der Waals surface area contributed by atoms with Gasteiger partial charge < -0.3 is 14.7 Å². The first-order valence-electron chi connectivity index (χ1n) is 11.6. The smallest absolute Gasteiger partial charge is 0.227 e. The molecule has 0 aliphatic carbocycles. The molecule has 10 nitrogen and oxygen atoms in total. The number of carbonyl (C=O) groups excluding carboxylic acids is 1. The average molecular weight is 476 g/mol. The van der Waals surface area contributed by atoms with Crippen LogP contribution in [0.5, 0.6) is 0 Å². The van der Waals surface area contributed by atoms with Crippen molar-refractivity contribution in [3.05, 3.63) is 49.3 Å². The number of carbonyl (C=O) groups is 1. The topological polar surface area (TPSA) is 96.2 Å². The molecular formula is C23H25N9OS. The number of fused-ring (bicyclic) bond motifs is 1. The molecule has 1 atom stereocenters. The number of piperidine rings is 1. The molecule has 0 N–H and O–H groups in total. The Morgan fingerprint density at radius 3 is 2.68 bits per heavy atom. The molecule has 3 aromatic heterocycles. The van der Waals surface area contributed by atoms with E-state index in [1.807, 2.05) is 17.0 Å². The highest BCUT2D eigenvalue weighted by atomic mass is 32.1. The van der Waals surface area contributed by atoms with Gasteiger partial charge in [0.1, 0.15) is 30.6 Å². The first kappa shape index (κ1) is 21.0. The molecule has 2 saturated heterocycles. The Kier molecular flexibility index (Phi) is 5.54. The van der Waals surface area contributed by atoms with Gasteiger partial charge in [-0.15, -0.1) is 0 Å². The third-order valence-corrected chi connectivity index (χ3v) is 7.45. The number of rotatable bonds is 4. The number of piperazine rings is 1. The van der Waals surface area contributed by atoms with E-state index in [1.54, 1.807) is 17.3 Å². The van der Waals surface area contributed by atoms with E-state index < -0.39 is 0 Å². The quantitative estimate of drug-likeness (QED) is 0.443. The zero-order chi connectivity index (χ0) is 22.9. The van der Waals surface area contributed by atoms with E-state index in [1.165, 1.54) is 27.9 Å². The predicted octanol–water partition coefficient (Wildman–Crippen LogP) is 2.23. The molecule has 1 amide bonds. The zero-order valence-corrected chi connectivity index (χ0v) is 19.5. The molecule has 174 valence electrons. The first-order chi connectivity index (χ1) is 16.8. The number of anilines is 2. The van der Waals surface area contributed by atoms with E-state index in [2.05, 4.69) is 52.4 Å². The van der Waals surface area contributed by atoms with Crippen LogP contribution in [0.25, 0.3) is 15.9 Å². The van der Waals surface area contributed by atoms with Crippen molar-refractivity contribution in [2.45, 2.75) is 12.8 Å². The molecule has 0 saturated carbocycles. The Labute approximate surface area is 201 Å². The molecule has 0 bridgehead atoms. The summed E-state index contributed by atoms with van der Waals surface area (Å²) in [5.41, 5.74) is 0. The zero-order valence-electron chi connectivity index (χ0n) is 18.7. The summed E-state index contributed by atoms with van der Waals surface area (Å²) in [4.78, 5) is 32.7. The average Bonchev–Trinajstić information content (AvgIpc) is 3.59. The van der Waals surface area contributed by atoms with Crippen molar-refractivity contribution >= 4 is 39.2 Å². The van der Waals surface area contributed by atoms with E-state index in [-0.39, 0.29) is 11.8 Å². The third-order valence-electron chi connectivity index (χ3n) is 6.64. The van der Waals surface area contributed by atoms with Crippen molar-refractivity contribution in [2.24, 2.45) is 5.92 Å². The lowest BCUT2D eigenvalue weighted by Gasteiger charge is -2.39. The molecule has 2 aliphatic heterocycles. The highest BCUT2D eigenvalue weighted by Gasteiger charge is 2.32. The fourth-order valence-electron chi connectivity index (χ4n) is 4.85. The van der Waals surface area contributed by atoms with Crippen molar-refractivity contribution in [1.82, 2.24) is 34.0 Å². The molecule has 0 spiro atoms. The number of benzene rings is 1. The van der Waals surface area contributed by atoms with Gasteiger partial charge in [0.25, 0.3) is 0 Å². The maximum absolute atomic E-state index is 13.4. The Morgan fingerprint density at radius 2 is 1.82 bits per heavy atom. The molecule has 6 rings (SSSR count). The fraction of sp³-hybridized carbons (Fsp3) is 0.391. The second-order valence-corrected chi connectivity index (χ2v) is 9.48. The van der Waals surface area contributed by atoms with E-state index in [0.717, 1.165) is 57.2 Å². The summed E-state index contributed by atoms with van der Waals surface area (Å²) >= 11 is 1.54. The highest BCUT2D eigenvalue weighted by Crippen LogP contribution is 2.30. The van der Waals surface area contributed by atoms with Gasteiger partial charge in [-0.1, -0.05) is 12.1 Å². The van der Waals surface area contributed by atoms with Crippen molar-refractivity contribution in [1.29, 1.82) is 0 Å². The van der Waals surface area contributed by atoms with Gasteiger partial charge in [0.2, 0.25) is 5.91 Å². The lowest BCUT2D eigenvalue weighted by Crippen LogP contribution is -2.52. The summed E-state index contributed by atoms with van der Waals surface area (Å²) < 4.78 is 7.50. The van der Waals surface area contributed by atoms with Crippen LogP contribution in [0.3, 0.4) is 0 Å². The Hall–Kier alpha value is -3.60. The van der Waals surface area contributed by atoms with Crippen LogP contribution in [0.2, 0.25) is 0 Å². The van der Waals surface area contributed by atoms with Crippen LogP contribution in [0, 0.1) is 5.92 Å². The van der Waals surface area contributed by atoms with Gasteiger partial charge in [0.05, 0.1) is 10.6 Å². The van der Waals surface area contributed by atoms with Crippen LogP contribution in [-0.4, -0.2) is 79.2 Å². The largest absolute Gasteiger partial charge is 0.356 e. The summed E-state index contributed by atoms with van der Waals surface area (Å²) in [5, 5.41) is 5.35. The number of hydrogen-bond acceptors (Lipinski definition) is 9. The minimum absolute atomic E-state index is 0.0230. The van der Waals surface area contributed by atoms with Crippen LogP contribution < -0.4 is 9.80 Å². The Bertz CT molecular complexity index is 1280. The van der Waals surface area contributed by atoms with Gasteiger partial charge in [-0.05, 0) is 36.5 Å². The monoisotopic (exact) mass is 475 g/mol. The molecule has 1 unspecified atom stereocenters. The second kappa shape index (κ2) is 8.98. The molecular weight excluding hydrogens is 450 g/mol. The van der Waals surface area contributed by atoms with E-state index >= 15 is 0 Å². The summed E-state index contributed by atoms with van der Waals surface area (Å²) in [6.07, 6.45) is 6.51. The van der Waals surface area contributed by atoms with Crippen LogP contribution in [0.1, 0.15) is 12.8 Å². The lowest BCUT2D eigenvalue weighted by atomic mass is 9.96. The molecule has 1 aromatic carbocycles. The van der Waals surface area contributed by atoms with Crippen LogP contribution >= 0.6 is 11.5 Å². The summed E-state index contributed by atoms with van der Waals surface area (Å²) in [6.45, 7) is 4.62. The molecule has 11 heteroatoms. The second-order valence-electron chi connectivity index (χ2n) is 8.67. The molecule has 5 heterocycles. The summed E-state index contributed by atoms with van der Waals surface area (Å²) in [7, 11) is 0. The maximum Gasteiger partial charge on any atom is 0.227 e. The first-order valence-corrected chi connectivity index (χ1v) is 12.3. The van der Waals surface area contributed by atoms with Gasteiger partial charge in [-0.2, -0.15) is 9.47 Å². The molecule has 2 fully saturated rings. The van der Waals surface area contributed by atoms with Gasteiger partial charge in [-0.3, -0.25) is 4.79 Å². The van der Waals surface area contributed by atoms with Gasteiger partial charge >= 0.3 is 0 Å². The Morgan fingerprint density at radius 1 is 0.971 bits per heavy atom. The van der Waals surface area contributed by atoms with Gasteiger partial charge in [0.15, 0.2) is 5.82 Å². The van der Waals surface area contributed by atoms with Crippen molar-refractivity contribution in [2.75, 3.05) is 49.1 Å². The third kappa shape index (κ3) is 3.96.